The van der Waals surface area contributed by atoms with Crippen LogP contribution in [0.4, 0.5) is 0 Å². The third-order valence-corrected chi connectivity index (χ3v) is 7.66. The van der Waals surface area contributed by atoms with Crippen molar-refractivity contribution in [1.82, 2.24) is 13.9 Å². The Kier molecular flexibility index (Phi) is 4.79. The molecule has 5 rings (SSSR count). The third-order valence-electron chi connectivity index (χ3n) is 5.77. The van der Waals surface area contributed by atoms with Gasteiger partial charge in [0.2, 0.25) is 10.0 Å². The first-order valence-electron chi connectivity index (χ1n) is 10.1. The Labute approximate surface area is 174 Å². The molecule has 0 atom stereocenters. The summed E-state index contributed by atoms with van der Waals surface area (Å²) in [4.78, 5) is 15.5. The molecule has 0 saturated carbocycles. The second-order valence-corrected chi connectivity index (χ2v) is 9.55. The van der Waals surface area contributed by atoms with Crippen LogP contribution in [0, 0.1) is 0 Å². The van der Waals surface area contributed by atoms with Gasteiger partial charge >= 0.3 is 5.69 Å². The lowest BCUT2D eigenvalue weighted by Crippen LogP contribution is -2.40. The molecule has 0 aliphatic carbocycles. The first kappa shape index (κ1) is 19.2. The molecule has 3 aromatic rings. The van der Waals surface area contributed by atoms with Crippen LogP contribution in [0.15, 0.2) is 52.2 Å². The number of hydrogen-bond donors (Lipinski definition) is 1. The zero-order chi connectivity index (χ0) is 20.7. The van der Waals surface area contributed by atoms with Gasteiger partial charge in [0.25, 0.3) is 0 Å². The van der Waals surface area contributed by atoms with E-state index in [9.17, 15) is 13.2 Å². The molecule has 0 radical (unpaired) electrons. The van der Waals surface area contributed by atoms with Crippen molar-refractivity contribution < 1.29 is 17.9 Å². The molecule has 158 valence electrons. The van der Waals surface area contributed by atoms with Gasteiger partial charge in [0.05, 0.1) is 29.1 Å². The average Bonchev–Trinajstić information content (AvgIpc) is 2.93. The summed E-state index contributed by atoms with van der Waals surface area (Å²) in [6, 6.07) is 12.3. The minimum Gasteiger partial charge on any atom is -0.490 e. The second kappa shape index (κ2) is 7.48. The van der Waals surface area contributed by atoms with Crippen molar-refractivity contribution >= 4 is 21.1 Å². The Hall–Kier alpha value is -2.78. The molecule has 9 heteroatoms. The van der Waals surface area contributed by atoms with Crippen molar-refractivity contribution in [3.8, 4) is 11.5 Å². The molecule has 2 aliphatic rings. The van der Waals surface area contributed by atoms with Crippen LogP contribution >= 0.6 is 0 Å². The SMILES string of the molecule is O=c1[nH]c2ccccc2n1C1CCN(S(=O)(=O)c2ccc3c(c2)OCCCO3)CC1. The van der Waals surface area contributed by atoms with Gasteiger partial charge in [0.15, 0.2) is 11.5 Å². The fourth-order valence-electron chi connectivity index (χ4n) is 4.23. The Balaban J connectivity index is 1.36. The van der Waals surface area contributed by atoms with Gasteiger partial charge in [-0.15, -0.1) is 0 Å². The van der Waals surface area contributed by atoms with Crippen LogP contribution in [0.5, 0.6) is 11.5 Å². The fraction of sp³-hybridized carbons (Fsp3) is 0.381. The summed E-state index contributed by atoms with van der Waals surface area (Å²) in [6.45, 7) is 1.77. The van der Waals surface area contributed by atoms with Gasteiger partial charge < -0.3 is 14.5 Å². The quantitative estimate of drug-likeness (QED) is 0.691. The second-order valence-electron chi connectivity index (χ2n) is 7.61. The van der Waals surface area contributed by atoms with E-state index in [-0.39, 0.29) is 16.6 Å². The zero-order valence-electron chi connectivity index (χ0n) is 16.4. The first-order valence-corrected chi connectivity index (χ1v) is 11.6. The lowest BCUT2D eigenvalue weighted by molar-refractivity contribution is 0.274. The van der Waals surface area contributed by atoms with Crippen LogP contribution in [-0.4, -0.2) is 48.6 Å². The van der Waals surface area contributed by atoms with Crippen molar-refractivity contribution in [3.63, 3.8) is 0 Å². The van der Waals surface area contributed by atoms with Crippen LogP contribution in [-0.2, 0) is 10.0 Å². The number of piperidine rings is 1. The highest BCUT2D eigenvalue weighted by atomic mass is 32.2. The summed E-state index contributed by atoms with van der Waals surface area (Å²) < 4.78 is 40.9. The highest BCUT2D eigenvalue weighted by Gasteiger charge is 2.32. The van der Waals surface area contributed by atoms with Crippen molar-refractivity contribution in [1.29, 1.82) is 0 Å². The minimum absolute atomic E-state index is 0.0381. The third kappa shape index (κ3) is 3.27. The molecule has 30 heavy (non-hydrogen) atoms. The van der Waals surface area contributed by atoms with Gasteiger partial charge in [-0.25, -0.2) is 13.2 Å². The van der Waals surface area contributed by atoms with E-state index in [2.05, 4.69) is 4.98 Å². The largest absolute Gasteiger partial charge is 0.490 e. The first-order chi connectivity index (χ1) is 14.5. The van der Waals surface area contributed by atoms with Crippen LogP contribution in [0.2, 0.25) is 0 Å². The predicted octanol–water partition coefficient (Wildman–Crippen LogP) is 2.52. The van der Waals surface area contributed by atoms with E-state index in [0.29, 0.717) is 50.6 Å². The predicted molar refractivity (Wildman–Crippen MR) is 112 cm³/mol. The summed E-state index contributed by atoms with van der Waals surface area (Å²) in [5.74, 6) is 1.04. The maximum atomic E-state index is 13.2. The van der Waals surface area contributed by atoms with Gasteiger partial charge in [0, 0.05) is 31.6 Å². The topological polar surface area (TPSA) is 93.6 Å². The van der Waals surface area contributed by atoms with Crippen LogP contribution in [0.25, 0.3) is 11.0 Å². The van der Waals surface area contributed by atoms with E-state index in [0.717, 1.165) is 17.5 Å². The Bertz CT molecular complexity index is 1240. The van der Waals surface area contributed by atoms with E-state index < -0.39 is 10.0 Å². The zero-order valence-corrected chi connectivity index (χ0v) is 17.2. The van der Waals surface area contributed by atoms with E-state index in [1.54, 1.807) is 22.8 Å². The Morgan fingerprint density at radius 3 is 2.50 bits per heavy atom. The van der Waals surface area contributed by atoms with Gasteiger partial charge in [0.1, 0.15) is 0 Å². The lowest BCUT2D eigenvalue weighted by Gasteiger charge is -2.31. The van der Waals surface area contributed by atoms with Crippen LogP contribution in [0.1, 0.15) is 25.3 Å². The molecule has 0 unspecified atom stereocenters. The maximum absolute atomic E-state index is 13.2. The van der Waals surface area contributed by atoms with Crippen molar-refractivity contribution in [2.24, 2.45) is 0 Å². The molecule has 1 fully saturated rings. The molecule has 3 heterocycles. The van der Waals surface area contributed by atoms with E-state index in [4.69, 9.17) is 9.47 Å². The number of hydrogen-bond acceptors (Lipinski definition) is 5. The summed E-state index contributed by atoms with van der Waals surface area (Å²) >= 11 is 0. The molecule has 0 amide bonds. The number of benzene rings is 2. The smallest absolute Gasteiger partial charge is 0.326 e. The molecule has 1 N–H and O–H groups in total. The van der Waals surface area contributed by atoms with Crippen molar-refractivity contribution in [3.05, 3.63) is 52.9 Å². The molecule has 8 nitrogen and oxygen atoms in total. The number of nitrogens with zero attached hydrogens (tertiary/aromatic N) is 2. The monoisotopic (exact) mass is 429 g/mol. The molecular weight excluding hydrogens is 406 g/mol. The molecule has 2 aliphatic heterocycles. The summed E-state index contributed by atoms with van der Waals surface area (Å²) in [6.07, 6.45) is 1.91. The molecular formula is C21H23N3O5S. The number of imidazole rings is 1. The Morgan fingerprint density at radius 1 is 0.967 bits per heavy atom. The highest BCUT2D eigenvalue weighted by molar-refractivity contribution is 7.89. The average molecular weight is 429 g/mol. The minimum atomic E-state index is -3.65. The van der Waals surface area contributed by atoms with Gasteiger partial charge in [-0.2, -0.15) is 4.31 Å². The maximum Gasteiger partial charge on any atom is 0.326 e. The number of para-hydroxylation sites is 2. The standard InChI is InChI=1S/C21H23N3O5S/c25-21-22-17-4-1-2-5-18(17)24(21)15-8-10-23(11-9-15)30(26,27)16-6-7-19-20(14-16)29-13-3-12-28-19/h1-2,4-7,14-15H,3,8-13H2,(H,22,25). The number of aromatic nitrogens is 2. The fourth-order valence-corrected chi connectivity index (χ4v) is 5.72. The molecule has 1 aromatic heterocycles. The van der Waals surface area contributed by atoms with Gasteiger partial charge in [-0.05, 0) is 37.1 Å². The van der Waals surface area contributed by atoms with Gasteiger partial charge in [-0.3, -0.25) is 4.57 Å². The number of aromatic amines is 1. The van der Waals surface area contributed by atoms with Crippen LogP contribution in [0.3, 0.4) is 0 Å². The van der Waals surface area contributed by atoms with E-state index >= 15 is 0 Å². The molecule has 0 bridgehead atoms. The van der Waals surface area contributed by atoms with E-state index in [1.165, 1.54) is 4.31 Å². The molecule has 1 saturated heterocycles. The highest BCUT2D eigenvalue weighted by Crippen LogP contribution is 2.34. The van der Waals surface area contributed by atoms with Crippen LogP contribution < -0.4 is 15.2 Å². The summed E-state index contributed by atoms with van der Waals surface area (Å²) in [7, 11) is -3.65. The number of H-pyrrole nitrogens is 1. The summed E-state index contributed by atoms with van der Waals surface area (Å²) in [5.41, 5.74) is 1.50. The lowest BCUT2D eigenvalue weighted by atomic mass is 10.1. The normalized spacial score (nSPS) is 18.4. The molecule has 2 aromatic carbocycles. The van der Waals surface area contributed by atoms with Crippen molar-refractivity contribution in [2.75, 3.05) is 26.3 Å². The number of rotatable bonds is 3. The number of nitrogens with one attached hydrogen (secondary N) is 1. The van der Waals surface area contributed by atoms with Crippen molar-refractivity contribution in [2.45, 2.75) is 30.2 Å². The number of ether oxygens (including phenoxy) is 2. The van der Waals surface area contributed by atoms with E-state index in [1.807, 2.05) is 24.3 Å². The summed E-state index contributed by atoms with van der Waals surface area (Å²) in [5, 5.41) is 0. The van der Waals surface area contributed by atoms with Gasteiger partial charge in [-0.1, -0.05) is 12.1 Å². The number of fused-ring (bicyclic) bond motifs is 2. The number of sulfonamides is 1. The Morgan fingerprint density at radius 2 is 1.70 bits per heavy atom. The molecule has 0 spiro atoms.